The molecule has 1 rings (SSSR count). The van der Waals surface area contributed by atoms with Crippen molar-refractivity contribution in [2.75, 3.05) is 46.4 Å². The molecule has 21 heavy (non-hydrogen) atoms. The Hall–Kier alpha value is -0.160. The van der Waals surface area contributed by atoms with E-state index >= 15 is 0 Å². The third-order valence-corrected chi connectivity index (χ3v) is 5.33. The van der Waals surface area contributed by atoms with Crippen LogP contribution in [0.15, 0.2) is 0 Å². The average molecular weight is 303 g/mol. The van der Waals surface area contributed by atoms with Gasteiger partial charge in [0, 0.05) is 13.0 Å². The van der Waals surface area contributed by atoms with Gasteiger partial charge in [0.25, 0.3) is 0 Å². The number of hydrogen-bond acceptors (Lipinski definition) is 1. The van der Waals surface area contributed by atoms with Crippen molar-refractivity contribution in [2.45, 2.75) is 58.6 Å². The topological polar surface area (TPSA) is 46.9 Å². The van der Waals surface area contributed by atoms with Crippen molar-refractivity contribution >= 4 is 0 Å². The largest absolute Gasteiger partial charge is 0.379 e. The Morgan fingerprint density at radius 1 is 1.24 bits per heavy atom. The molecule has 0 unspecified atom stereocenters. The molecule has 2 atom stereocenters. The molecule has 1 aliphatic rings. The summed E-state index contributed by atoms with van der Waals surface area (Å²) in [5.41, 5.74) is 0.0430. The van der Waals surface area contributed by atoms with E-state index in [1.165, 1.54) is 52.1 Å². The number of nitrogens with one attached hydrogen (secondary N) is 1. The average Bonchev–Trinajstić information content (AvgIpc) is 2.48. The van der Waals surface area contributed by atoms with Crippen LogP contribution in [0.2, 0.25) is 0 Å². The molecule has 0 radical (unpaired) electrons. The molecule has 0 spiro atoms. The zero-order valence-electron chi connectivity index (χ0n) is 15.1. The summed E-state index contributed by atoms with van der Waals surface area (Å²) in [5.74, 6) is 0.794. The van der Waals surface area contributed by atoms with Crippen molar-refractivity contribution in [3.8, 4) is 0 Å². The van der Waals surface area contributed by atoms with Gasteiger partial charge in [-0.1, -0.05) is 13.3 Å². The van der Waals surface area contributed by atoms with Crippen molar-refractivity contribution in [1.29, 1.82) is 0 Å². The number of hydrogen-bond donors (Lipinski definition) is 3. The van der Waals surface area contributed by atoms with Gasteiger partial charge in [0.15, 0.2) is 0 Å². The zero-order valence-corrected chi connectivity index (χ0v) is 15.1. The van der Waals surface area contributed by atoms with Crippen molar-refractivity contribution < 1.29 is 20.3 Å². The summed E-state index contributed by atoms with van der Waals surface area (Å²) < 4.78 is 5.50. The molecule has 0 aliphatic carbocycles. The maximum absolute atomic E-state index is 5.50. The summed E-state index contributed by atoms with van der Waals surface area (Å²) >= 11 is 0. The van der Waals surface area contributed by atoms with Gasteiger partial charge >= 0.3 is 0 Å². The number of nitrogens with two attached hydrogens (primary N) is 2. The van der Waals surface area contributed by atoms with E-state index in [1.807, 2.05) is 7.11 Å². The van der Waals surface area contributed by atoms with Crippen molar-refractivity contribution in [2.24, 2.45) is 5.92 Å². The maximum Gasteiger partial charge on any atom is 0.127 e. The van der Waals surface area contributed by atoms with Crippen LogP contribution in [-0.4, -0.2) is 58.0 Å². The minimum Gasteiger partial charge on any atom is -0.379 e. The van der Waals surface area contributed by atoms with E-state index < -0.39 is 0 Å². The Bertz CT molecular complexity index is 265. The Morgan fingerprint density at radius 2 is 1.90 bits per heavy atom. The van der Waals surface area contributed by atoms with Gasteiger partial charge in [-0.15, -0.1) is 0 Å². The Morgan fingerprint density at radius 3 is 2.52 bits per heavy atom. The van der Waals surface area contributed by atoms with E-state index in [9.17, 15) is 0 Å². The molecule has 0 aromatic heterocycles. The first-order valence-electron chi connectivity index (χ1n) is 8.98. The summed E-state index contributed by atoms with van der Waals surface area (Å²) in [5, 5.41) is 5.01. The van der Waals surface area contributed by atoms with E-state index in [1.54, 1.807) is 4.90 Å². The minimum absolute atomic E-state index is 0.0430. The zero-order chi connectivity index (χ0) is 15.7. The molecule has 4 heteroatoms. The van der Waals surface area contributed by atoms with Gasteiger partial charge in [-0.25, -0.2) is 0 Å². The maximum atomic E-state index is 5.50. The fourth-order valence-corrected chi connectivity index (χ4v) is 3.13. The molecular formula is C17H40N3O+3. The lowest BCUT2D eigenvalue weighted by Gasteiger charge is -2.25. The molecule has 0 bridgehead atoms. The second-order valence-electron chi connectivity index (χ2n) is 7.58. The lowest BCUT2D eigenvalue weighted by molar-refractivity contribution is -0.955. The van der Waals surface area contributed by atoms with Crippen LogP contribution in [0, 0.1) is 5.92 Å². The lowest BCUT2D eigenvalue weighted by atomic mass is 9.93. The Kier molecular flexibility index (Phi) is 8.79. The number of quaternary nitrogens is 3. The molecular weight excluding hydrogens is 262 g/mol. The standard InChI is InChI=1S/C17H37N3O/c1-15(7-6-8-17(3,4)21-5)16(2)19-11-14-20-12-9-18-10-13-20/h15-16,18-19H,6-14H2,1-5H3/p+3/t15-,16+/m0/s1. The molecule has 0 amide bonds. The number of rotatable bonds is 10. The van der Waals surface area contributed by atoms with Crippen LogP contribution in [0.3, 0.4) is 0 Å². The van der Waals surface area contributed by atoms with Gasteiger partial charge in [0.1, 0.15) is 39.3 Å². The van der Waals surface area contributed by atoms with Crippen LogP contribution >= 0.6 is 0 Å². The van der Waals surface area contributed by atoms with Crippen molar-refractivity contribution in [3.63, 3.8) is 0 Å². The van der Waals surface area contributed by atoms with E-state index in [0.717, 1.165) is 18.4 Å². The van der Waals surface area contributed by atoms with Crippen LogP contribution < -0.4 is 15.5 Å². The SMILES string of the molecule is COC(C)(C)CCC[C@H](C)[C@@H](C)[NH2+]CC[NH+]1CC[NH2+]CC1. The smallest absolute Gasteiger partial charge is 0.127 e. The summed E-state index contributed by atoms with van der Waals surface area (Å²) in [6, 6.07) is 0.742. The fraction of sp³-hybridized carbons (Fsp3) is 1.00. The highest BCUT2D eigenvalue weighted by Gasteiger charge is 2.20. The number of piperazine rings is 1. The molecule has 1 aliphatic heterocycles. The quantitative estimate of drug-likeness (QED) is 0.458. The molecule has 0 aromatic carbocycles. The monoisotopic (exact) mass is 302 g/mol. The summed E-state index contributed by atoms with van der Waals surface area (Å²) in [7, 11) is 1.82. The summed E-state index contributed by atoms with van der Waals surface area (Å²) in [6.07, 6.45) is 3.75. The van der Waals surface area contributed by atoms with E-state index in [-0.39, 0.29) is 5.60 Å². The lowest BCUT2D eigenvalue weighted by Crippen LogP contribution is -3.22. The number of methoxy groups -OCH3 is 1. The minimum atomic E-state index is 0.0430. The summed E-state index contributed by atoms with van der Waals surface area (Å²) in [6.45, 7) is 17.1. The van der Waals surface area contributed by atoms with Gasteiger partial charge in [-0.3, -0.25) is 0 Å². The third-order valence-electron chi connectivity index (χ3n) is 5.33. The van der Waals surface area contributed by atoms with Crippen LogP contribution in [0.25, 0.3) is 0 Å². The van der Waals surface area contributed by atoms with Crippen LogP contribution in [-0.2, 0) is 4.74 Å². The molecule has 126 valence electrons. The van der Waals surface area contributed by atoms with E-state index in [4.69, 9.17) is 4.74 Å². The predicted molar refractivity (Wildman–Crippen MR) is 87.6 cm³/mol. The first kappa shape index (κ1) is 18.9. The van der Waals surface area contributed by atoms with Crippen LogP contribution in [0.5, 0.6) is 0 Å². The summed E-state index contributed by atoms with van der Waals surface area (Å²) in [4.78, 5) is 1.80. The second-order valence-corrected chi connectivity index (χ2v) is 7.58. The van der Waals surface area contributed by atoms with E-state index in [2.05, 4.69) is 38.3 Å². The molecule has 4 nitrogen and oxygen atoms in total. The second kappa shape index (κ2) is 9.78. The predicted octanol–water partition coefficient (Wildman–Crippen LogP) is -1.37. The Labute approximate surface area is 132 Å². The van der Waals surface area contributed by atoms with E-state index in [0.29, 0.717) is 0 Å². The molecule has 1 fully saturated rings. The molecule has 1 heterocycles. The fourth-order valence-electron chi connectivity index (χ4n) is 3.13. The highest BCUT2D eigenvalue weighted by Crippen LogP contribution is 2.19. The van der Waals surface area contributed by atoms with Gasteiger partial charge in [-0.05, 0) is 33.6 Å². The van der Waals surface area contributed by atoms with Gasteiger partial charge < -0.3 is 20.3 Å². The van der Waals surface area contributed by atoms with Crippen molar-refractivity contribution in [1.82, 2.24) is 0 Å². The molecule has 0 aromatic rings. The molecule has 5 N–H and O–H groups in total. The first-order chi connectivity index (χ1) is 9.94. The van der Waals surface area contributed by atoms with Crippen LogP contribution in [0.4, 0.5) is 0 Å². The Balaban J connectivity index is 2.08. The first-order valence-corrected chi connectivity index (χ1v) is 8.98. The van der Waals surface area contributed by atoms with Crippen molar-refractivity contribution in [3.05, 3.63) is 0 Å². The number of ether oxygens (including phenoxy) is 1. The highest BCUT2D eigenvalue weighted by atomic mass is 16.5. The third kappa shape index (κ3) is 8.15. The normalized spacial score (nSPS) is 20.4. The molecule has 0 saturated carbocycles. The highest BCUT2D eigenvalue weighted by molar-refractivity contribution is 4.69. The molecule has 1 saturated heterocycles. The van der Waals surface area contributed by atoms with Gasteiger partial charge in [0.2, 0.25) is 0 Å². The van der Waals surface area contributed by atoms with Gasteiger partial charge in [0.05, 0.1) is 11.6 Å². The van der Waals surface area contributed by atoms with Gasteiger partial charge in [-0.2, -0.15) is 0 Å². The van der Waals surface area contributed by atoms with Crippen LogP contribution in [0.1, 0.15) is 47.0 Å².